The molecule has 0 unspecified atom stereocenters. The standard InChI is InChI=1S/C19H19NO2S/c21-19(18-7-2-1-5-17(18)14-23)16-6-3-4-15(12-16)13-20-8-10-22-11-9-20/h1-7,12,14H,8-11,13H2. The molecule has 2 aromatic rings. The number of carbonyl (C=O) groups excluding carboxylic acids is 1. The maximum Gasteiger partial charge on any atom is 0.193 e. The second-order valence-electron chi connectivity index (χ2n) is 5.62. The van der Waals surface area contributed by atoms with E-state index in [1.807, 2.05) is 42.5 Å². The quantitative estimate of drug-likeness (QED) is 0.624. The summed E-state index contributed by atoms with van der Waals surface area (Å²) in [6.45, 7) is 4.28. The highest BCUT2D eigenvalue weighted by molar-refractivity contribution is 7.79. The van der Waals surface area contributed by atoms with E-state index < -0.39 is 0 Å². The molecule has 0 amide bonds. The third-order valence-electron chi connectivity index (χ3n) is 4.03. The summed E-state index contributed by atoms with van der Waals surface area (Å²) >= 11 is 5.01. The van der Waals surface area contributed by atoms with Crippen LogP contribution in [0.2, 0.25) is 0 Å². The molecule has 0 aliphatic carbocycles. The van der Waals surface area contributed by atoms with Gasteiger partial charge < -0.3 is 4.74 Å². The smallest absolute Gasteiger partial charge is 0.193 e. The van der Waals surface area contributed by atoms with Gasteiger partial charge in [-0.3, -0.25) is 9.69 Å². The third kappa shape index (κ3) is 3.91. The van der Waals surface area contributed by atoms with Gasteiger partial charge in [-0.15, -0.1) is 0 Å². The third-order valence-corrected chi connectivity index (χ3v) is 4.29. The van der Waals surface area contributed by atoms with Crippen LogP contribution < -0.4 is 0 Å². The van der Waals surface area contributed by atoms with E-state index in [0.717, 1.165) is 44.0 Å². The van der Waals surface area contributed by atoms with E-state index in [2.05, 4.69) is 11.0 Å². The number of hydrogen-bond acceptors (Lipinski definition) is 4. The van der Waals surface area contributed by atoms with E-state index in [4.69, 9.17) is 17.0 Å². The predicted molar refractivity (Wildman–Crippen MR) is 95.2 cm³/mol. The van der Waals surface area contributed by atoms with Gasteiger partial charge in [0, 0.05) is 36.1 Å². The molecule has 3 nitrogen and oxygen atoms in total. The van der Waals surface area contributed by atoms with Crippen LogP contribution in [0.1, 0.15) is 27.0 Å². The molecular weight excluding hydrogens is 306 g/mol. The van der Waals surface area contributed by atoms with Crippen LogP contribution in [0.15, 0.2) is 48.5 Å². The van der Waals surface area contributed by atoms with Gasteiger partial charge in [-0.25, -0.2) is 0 Å². The first-order chi connectivity index (χ1) is 11.3. The molecule has 0 bridgehead atoms. The van der Waals surface area contributed by atoms with Crippen molar-refractivity contribution in [2.24, 2.45) is 0 Å². The fourth-order valence-electron chi connectivity index (χ4n) is 2.79. The van der Waals surface area contributed by atoms with Gasteiger partial charge in [0.1, 0.15) is 0 Å². The van der Waals surface area contributed by atoms with Crippen molar-refractivity contribution < 1.29 is 9.53 Å². The largest absolute Gasteiger partial charge is 0.379 e. The molecular formula is C19H19NO2S. The summed E-state index contributed by atoms with van der Waals surface area (Å²) in [6.07, 6.45) is 0. The number of ketones is 1. The van der Waals surface area contributed by atoms with Gasteiger partial charge in [-0.05, 0) is 17.2 Å². The van der Waals surface area contributed by atoms with Crippen molar-refractivity contribution in [1.29, 1.82) is 0 Å². The Morgan fingerprint density at radius 2 is 1.91 bits per heavy atom. The van der Waals surface area contributed by atoms with E-state index in [1.165, 1.54) is 0 Å². The molecule has 0 N–H and O–H groups in total. The maximum atomic E-state index is 12.8. The van der Waals surface area contributed by atoms with Crippen LogP contribution >= 0.6 is 12.2 Å². The highest BCUT2D eigenvalue weighted by atomic mass is 32.1. The van der Waals surface area contributed by atoms with Crippen molar-refractivity contribution in [3.63, 3.8) is 0 Å². The lowest BCUT2D eigenvalue weighted by molar-refractivity contribution is 0.0342. The van der Waals surface area contributed by atoms with Crippen molar-refractivity contribution >= 4 is 23.4 Å². The molecule has 23 heavy (non-hydrogen) atoms. The Labute approximate surface area is 141 Å². The summed E-state index contributed by atoms with van der Waals surface area (Å²) in [7, 11) is 0. The van der Waals surface area contributed by atoms with Crippen LogP contribution in [0.25, 0.3) is 0 Å². The highest BCUT2D eigenvalue weighted by Crippen LogP contribution is 2.16. The summed E-state index contributed by atoms with van der Waals surface area (Å²) in [5, 5.41) is 1.56. The molecule has 118 valence electrons. The van der Waals surface area contributed by atoms with E-state index in [-0.39, 0.29) is 5.78 Å². The first-order valence-corrected chi connectivity index (χ1v) is 8.23. The van der Waals surface area contributed by atoms with E-state index >= 15 is 0 Å². The van der Waals surface area contributed by atoms with Crippen LogP contribution in [0, 0.1) is 0 Å². The SMILES string of the molecule is O=C(c1cccc(CN2CCOCC2)c1)c1ccccc1C=S. The second-order valence-corrected chi connectivity index (χ2v) is 5.86. The van der Waals surface area contributed by atoms with Crippen LogP contribution in [-0.2, 0) is 11.3 Å². The molecule has 0 aromatic heterocycles. The average Bonchev–Trinajstić information content (AvgIpc) is 2.62. The summed E-state index contributed by atoms with van der Waals surface area (Å²) in [6, 6.07) is 15.3. The Morgan fingerprint density at radius 3 is 2.70 bits per heavy atom. The number of thiocarbonyl (C=S) groups is 1. The van der Waals surface area contributed by atoms with Gasteiger partial charge in [0.05, 0.1) is 13.2 Å². The maximum absolute atomic E-state index is 12.8. The predicted octanol–water partition coefficient (Wildman–Crippen LogP) is 3.10. The molecule has 1 fully saturated rings. The van der Waals surface area contributed by atoms with Crippen LogP contribution in [0.3, 0.4) is 0 Å². The van der Waals surface area contributed by atoms with Crippen molar-refractivity contribution in [2.75, 3.05) is 26.3 Å². The van der Waals surface area contributed by atoms with Gasteiger partial charge in [-0.2, -0.15) is 0 Å². The number of nitrogens with zero attached hydrogens (tertiary/aromatic N) is 1. The fourth-order valence-corrected chi connectivity index (χ4v) is 3.00. The van der Waals surface area contributed by atoms with Crippen LogP contribution in [0.4, 0.5) is 0 Å². The van der Waals surface area contributed by atoms with Crippen LogP contribution in [0.5, 0.6) is 0 Å². The minimum atomic E-state index is 0.0190. The summed E-state index contributed by atoms with van der Waals surface area (Å²) < 4.78 is 5.37. The lowest BCUT2D eigenvalue weighted by Crippen LogP contribution is -2.35. The molecule has 0 radical (unpaired) electrons. The molecule has 1 aliphatic rings. The Bertz CT molecular complexity index is 708. The van der Waals surface area contributed by atoms with Crippen molar-refractivity contribution in [1.82, 2.24) is 4.90 Å². The molecule has 4 heteroatoms. The minimum absolute atomic E-state index is 0.0190. The minimum Gasteiger partial charge on any atom is -0.379 e. The molecule has 2 aromatic carbocycles. The van der Waals surface area contributed by atoms with E-state index in [1.54, 1.807) is 5.37 Å². The van der Waals surface area contributed by atoms with E-state index in [0.29, 0.717) is 11.1 Å². The highest BCUT2D eigenvalue weighted by Gasteiger charge is 2.14. The Morgan fingerprint density at radius 1 is 1.13 bits per heavy atom. The molecule has 0 saturated carbocycles. The monoisotopic (exact) mass is 325 g/mol. The first-order valence-electron chi connectivity index (χ1n) is 7.76. The number of benzene rings is 2. The summed E-state index contributed by atoms with van der Waals surface area (Å²) in [5.74, 6) is 0.0190. The zero-order valence-electron chi connectivity index (χ0n) is 12.9. The molecule has 1 saturated heterocycles. The van der Waals surface area contributed by atoms with Gasteiger partial charge in [0.2, 0.25) is 0 Å². The van der Waals surface area contributed by atoms with Crippen molar-refractivity contribution in [2.45, 2.75) is 6.54 Å². The molecule has 0 atom stereocenters. The second kappa shape index (κ2) is 7.59. The summed E-state index contributed by atoms with van der Waals surface area (Å²) in [5.41, 5.74) is 3.31. The topological polar surface area (TPSA) is 29.5 Å². The van der Waals surface area contributed by atoms with Crippen LogP contribution in [-0.4, -0.2) is 42.4 Å². The van der Waals surface area contributed by atoms with Crippen molar-refractivity contribution in [3.05, 3.63) is 70.8 Å². The Kier molecular flexibility index (Phi) is 5.28. The Balaban J connectivity index is 1.81. The van der Waals surface area contributed by atoms with Gasteiger partial charge >= 0.3 is 0 Å². The molecule has 3 rings (SSSR count). The van der Waals surface area contributed by atoms with Crippen molar-refractivity contribution in [3.8, 4) is 0 Å². The normalized spacial score (nSPS) is 15.3. The number of rotatable bonds is 5. The Hall–Kier alpha value is -1.88. The molecule has 1 aliphatic heterocycles. The first kappa shape index (κ1) is 16.0. The summed E-state index contributed by atoms with van der Waals surface area (Å²) in [4.78, 5) is 15.1. The van der Waals surface area contributed by atoms with Gasteiger partial charge in [0.15, 0.2) is 5.78 Å². The molecule has 0 spiro atoms. The van der Waals surface area contributed by atoms with E-state index in [9.17, 15) is 4.79 Å². The zero-order chi connectivity index (χ0) is 16.1. The number of ether oxygens (including phenoxy) is 1. The average molecular weight is 325 g/mol. The lowest BCUT2D eigenvalue weighted by atomic mass is 9.98. The number of hydrogen-bond donors (Lipinski definition) is 0. The number of carbonyl (C=O) groups is 1. The van der Waals surface area contributed by atoms with Gasteiger partial charge in [0.25, 0.3) is 0 Å². The zero-order valence-corrected chi connectivity index (χ0v) is 13.7. The fraction of sp³-hybridized carbons (Fsp3) is 0.263. The lowest BCUT2D eigenvalue weighted by Gasteiger charge is -2.26. The van der Waals surface area contributed by atoms with Gasteiger partial charge in [-0.1, -0.05) is 54.7 Å². The number of morpholine rings is 1. The molecule has 1 heterocycles.